The van der Waals surface area contributed by atoms with Gasteiger partial charge in [0, 0.05) is 19.1 Å². The minimum absolute atomic E-state index is 0.0438. The van der Waals surface area contributed by atoms with Gasteiger partial charge >= 0.3 is 0 Å². The zero-order valence-corrected chi connectivity index (χ0v) is 14.6. The number of piperidine rings is 1. The molecule has 1 aromatic carbocycles. The number of carbonyl (C=O) groups excluding carboxylic acids is 2. The zero-order chi connectivity index (χ0) is 17.6. The second-order valence-corrected chi connectivity index (χ2v) is 6.89. The van der Waals surface area contributed by atoms with Crippen molar-refractivity contribution in [2.75, 3.05) is 26.2 Å². The molecule has 3 rings (SSSR count). The number of likely N-dealkylation sites (tertiary alicyclic amines) is 2. The molecule has 1 atom stereocenters. The van der Waals surface area contributed by atoms with E-state index in [1.54, 1.807) is 0 Å². The van der Waals surface area contributed by atoms with Crippen molar-refractivity contribution in [1.29, 1.82) is 0 Å². The van der Waals surface area contributed by atoms with Crippen molar-refractivity contribution in [1.82, 2.24) is 9.80 Å². The van der Waals surface area contributed by atoms with Crippen LogP contribution in [0.1, 0.15) is 31.2 Å². The smallest absolute Gasteiger partial charge is 0.248 e. The molecule has 6 heteroatoms. The third-order valence-corrected chi connectivity index (χ3v) is 5.25. The molecule has 2 aliphatic heterocycles. The van der Waals surface area contributed by atoms with Gasteiger partial charge in [0.25, 0.3) is 0 Å². The van der Waals surface area contributed by atoms with Gasteiger partial charge in [0.15, 0.2) is 0 Å². The fourth-order valence-electron chi connectivity index (χ4n) is 3.90. The highest BCUT2D eigenvalue weighted by atomic mass is 16.5. The van der Waals surface area contributed by atoms with E-state index >= 15 is 0 Å². The van der Waals surface area contributed by atoms with Gasteiger partial charge in [0.05, 0.1) is 12.6 Å². The van der Waals surface area contributed by atoms with Gasteiger partial charge < -0.3 is 15.4 Å². The molecule has 1 aromatic rings. The molecule has 0 spiro atoms. The summed E-state index contributed by atoms with van der Waals surface area (Å²) >= 11 is 0. The maximum Gasteiger partial charge on any atom is 0.248 e. The number of rotatable bonds is 6. The van der Waals surface area contributed by atoms with Crippen LogP contribution in [0.25, 0.3) is 0 Å². The summed E-state index contributed by atoms with van der Waals surface area (Å²) < 4.78 is 5.55. The molecule has 6 nitrogen and oxygen atoms in total. The Morgan fingerprint density at radius 1 is 1.08 bits per heavy atom. The van der Waals surface area contributed by atoms with Gasteiger partial charge in [-0.05, 0) is 37.8 Å². The minimum Gasteiger partial charge on any atom is -0.368 e. The van der Waals surface area contributed by atoms with Gasteiger partial charge in [0.2, 0.25) is 11.8 Å². The van der Waals surface area contributed by atoms with Gasteiger partial charge in [-0.3, -0.25) is 14.5 Å². The fraction of sp³-hybridized carbons (Fsp3) is 0.579. The van der Waals surface area contributed by atoms with E-state index in [9.17, 15) is 9.59 Å². The first-order valence-corrected chi connectivity index (χ1v) is 9.09. The fourth-order valence-corrected chi connectivity index (χ4v) is 3.90. The largest absolute Gasteiger partial charge is 0.368 e. The van der Waals surface area contributed by atoms with Crippen LogP contribution >= 0.6 is 0 Å². The van der Waals surface area contributed by atoms with Crippen LogP contribution < -0.4 is 5.73 Å². The predicted octanol–water partition coefficient (Wildman–Crippen LogP) is 1.14. The lowest BCUT2D eigenvalue weighted by atomic mass is 10.0. The van der Waals surface area contributed by atoms with Crippen molar-refractivity contribution in [3.63, 3.8) is 0 Å². The molecule has 2 saturated heterocycles. The summed E-state index contributed by atoms with van der Waals surface area (Å²) in [6.45, 7) is 2.96. The second kappa shape index (κ2) is 8.45. The Morgan fingerprint density at radius 3 is 2.48 bits per heavy atom. The summed E-state index contributed by atoms with van der Waals surface area (Å²) in [6.07, 6.45) is 3.68. The van der Waals surface area contributed by atoms with E-state index in [0.717, 1.165) is 50.9 Å². The van der Waals surface area contributed by atoms with Crippen LogP contribution in [-0.4, -0.2) is 59.9 Å². The zero-order valence-electron chi connectivity index (χ0n) is 14.6. The lowest BCUT2D eigenvalue weighted by Gasteiger charge is -2.38. The Morgan fingerprint density at radius 2 is 1.80 bits per heavy atom. The van der Waals surface area contributed by atoms with E-state index in [2.05, 4.69) is 4.90 Å². The summed E-state index contributed by atoms with van der Waals surface area (Å²) in [5.74, 6) is -0.174. The van der Waals surface area contributed by atoms with E-state index in [1.807, 2.05) is 35.2 Å². The second-order valence-electron chi connectivity index (χ2n) is 6.89. The van der Waals surface area contributed by atoms with Gasteiger partial charge in [-0.1, -0.05) is 30.3 Å². The van der Waals surface area contributed by atoms with E-state index in [4.69, 9.17) is 10.5 Å². The quantitative estimate of drug-likeness (QED) is 0.839. The highest BCUT2D eigenvalue weighted by molar-refractivity contribution is 5.80. The lowest BCUT2D eigenvalue weighted by Crippen LogP contribution is -2.51. The first-order valence-electron chi connectivity index (χ1n) is 9.09. The molecule has 2 N–H and O–H groups in total. The Hall–Kier alpha value is -1.92. The van der Waals surface area contributed by atoms with E-state index in [-0.39, 0.29) is 24.5 Å². The number of primary amides is 1. The number of amides is 2. The molecule has 0 saturated carbocycles. The maximum absolute atomic E-state index is 12.3. The summed E-state index contributed by atoms with van der Waals surface area (Å²) in [7, 11) is 0. The van der Waals surface area contributed by atoms with Gasteiger partial charge in [-0.15, -0.1) is 0 Å². The first-order chi connectivity index (χ1) is 12.1. The molecule has 2 fully saturated rings. The Kier molecular flexibility index (Phi) is 6.04. The number of nitrogens with two attached hydrogens (primary N) is 1. The van der Waals surface area contributed by atoms with Crippen LogP contribution in [0.15, 0.2) is 30.3 Å². The molecule has 2 aliphatic rings. The highest BCUT2D eigenvalue weighted by Gasteiger charge is 2.36. The molecule has 0 bridgehead atoms. The molecule has 2 heterocycles. The van der Waals surface area contributed by atoms with Crippen LogP contribution in [0.3, 0.4) is 0 Å². The van der Waals surface area contributed by atoms with Gasteiger partial charge in [0.1, 0.15) is 6.61 Å². The topological polar surface area (TPSA) is 75.9 Å². The van der Waals surface area contributed by atoms with E-state index in [0.29, 0.717) is 12.6 Å². The van der Waals surface area contributed by atoms with Crippen LogP contribution in [-0.2, 0) is 20.9 Å². The lowest BCUT2D eigenvalue weighted by molar-refractivity contribution is -0.138. The summed E-state index contributed by atoms with van der Waals surface area (Å²) in [5, 5.41) is 0. The number of ether oxygens (including phenoxy) is 1. The van der Waals surface area contributed by atoms with Crippen LogP contribution in [0.5, 0.6) is 0 Å². The highest BCUT2D eigenvalue weighted by Crippen LogP contribution is 2.25. The number of benzene rings is 1. The molecular weight excluding hydrogens is 318 g/mol. The molecule has 0 radical (unpaired) electrons. The number of carbonyl (C=O) groups is 2. The van der Waals surface area contributed by atoms with E-state index in [1.165, 1.54) is 0 Å². The van der Waals surface area contributed by atoms with Crippen LogP contribution in [0.4, 0.5) is 0 Å². The molecule has 136 valence electrons. The molecule has 0 aliphatic carbocycles. The van der Waals surface area contributed by atoms with Crippen LogP contribution in [0, 0.1) is 0 Å². The minimum atomic E-state index is -0.217. The number of nitrogens with zero attached hydrogens (tertiary/aromatic N) is 2. The third-order valence-electron chi connectivity index (χ3n) is 5.25. The molecule has 0 unspecified atom stereocenters. The standard InChI is InChI=1S/C19H27N3O3/c20-19(24)17-7-4-10-22(17)16-8-11-21(12-9-16)18(23)14-25-13-15-5-2-1-3-6-15/h1-3,5-6,16-17H,4,7-14H2,(H2,20,24)/t17-/m0/s1. The average Bonchev–Trinajstić information content (AvgIpc) is 3.13. The predicted molar refractivity (Wildman–Crippen MR) is 94.6 cm³/mol. The number of hydrogen-bond donors (Lipinski definition) is 1. The monoisotopic (exact) mass is 345 g/mol. The maximum atomic E-state index is 12.3. The van der Waals surface area contributed by atoms with Gasteiger partial charge in [-0.2, -0.15) is 0 Å². The van der Waals surface area contributed by atoms with Crippen molar-refractivity contribution >= 4 is 11.8 Å². The first kappa shape index (κ1) is 17.9. The Bertz CT molecular complexity index is 585. The summed E-state index contributed by atoms with van der Waals surface area (Å²) in [6, 6.07) is 10.1. The molecule has 2 amide bonds. The SMILES string of the molecule is NC(=O)[C@@H]1CCCN1C1CCN(C(=O)COCc2ccccc2)CC1. The van der Waals surface area contributed by atoms with Crippen molar-refractivity contribution in [2.24, 2.45) is 5.73 Å². The number of hydrogen-bond acceptors (Lipinski definition) is 4. The normalized spacial score (nSPS) is 22.2. The van der Waals surface area contributed by atoms with Crippen molar-refractivity contribution in [3.8, 4) is 0 Å². The van der Waals surface area contributed by atoms with Gasteiger partial charge in [-0.25, -0.2) is 0 Å². The van der Waals surface area contributed by atoms with Crippen molar-refractivity contribution in [2.45, 2.75) is 44.4 Å². The van der Waals surface area contributed by atoms with Crippen LogP contribution in [0.2, 0.25) is 0 Å². The summed E-state index contributed by atoms with van der Waals surface area (Å²) in [5.41, 5.74) is 6.58. The van der Waals surface area contributed by atoms with Crippen molar-refractivity contribution in [3.05, 3.63) is 35.9 Å². The van der Waals surface area contributed by atoms with Crippen molar-refractivity contribution < 1.29 is 14.3 Å². The summed E-state index contributed by atoms with van der Waals surface area (Å²) in [4.78, 5) is 28.0. The molecular formula is C19H27N3O3. The third kappa shape index (κ3) is 4.58. The molecule has 0 aromatic heterocycles. The van der Waals surface area contributed by atoms with E-state index < -0.39 is 0 Å². The molecule has 25 heavy (non-hydrogen) atoms. The Balaban J connectivity index is 1.41. The average molecular weight is 345 g/mol. The Labute approximate surface area is 148 Å².